The second-order valence-electron chi connectivity index (χ2n) is 3.85. The van der Waals surface area contributed by atoms with Crippen molar-refractivity contribution in [1.29, 1.82) is 0 Å². The molecule has 0 aromatic heterocycles. The number of hydrogen-bond donors (Lipinski definition) is 0. The van der Waals surface area contributed by atoms with Gasteiger partial charge in [0.05, 0.1) is 0 Å². The highest BCUT2D eigenvalue weighted by Crippen LogP contribution is 2.32. The van der Waals surface area contributed by atoms with Crippen LogP contribution < -0.4 is 0 Å². The lowest BCUT2D eigenvalue weighted by molar-refractivity contribution is -0.127. The number of rotatable bonds is 5. The molecule has 0 aliphatic heterocycles. The van der Waals surface area contributed by atoms with Gasteiger partial charge in [0.1, 0.15) is 5.28 Å². The van der Waals surface area contributed by atoms with Gasteiger partial charge in [0.25, 0.3) is 0 Å². The standard InChI is InChI=1S/C14H11N3O2/c15-16-17-19-14(11-18,12-7-3-1-4-8-12)13-9-5-2-6-10-13/h1-11H. The fraction of sp³-hybridized carbons (Fsp3) is 0.0714. The number of benzene rings is 2. The van der Waals surface area contributed by atoms with Crippen molar-refractivity contribution in [2.24, 2.45) is 5.28 Å². The summed E-state index contributed by atoms with van der Waals surface area (Å²) >= 11 is 0. The molecule has 0 aliphatic carbocycles. The van der Waals surface area contributed by atoms with Gasteiger partial charge in [-0.1, -0.05) is 60.7 Å². The summed E-state index contributed by atoms with van der Waals surface area (Å²) in [4.78, 5) is 19.3. The first-order valence-corrected chi connectivity index (χ1v) is 5.63. The van der Waals surface area contributed by atoms with Gasteiger partial charge >= 0.3 is 0 Å². The van der Waals surface area contributed by atoms with Crippen LogP contribution in [0.25, 0.3) is 10.4 Å². The predicted molar refractivity (Wildman–Crippen MR) is 70.0 cm³/mol. The zero-order valence-electron chi connectivity index (χ0n) is 10.0. The van der Waals surface area contributed by atoms with E-state index in [-0.39, 0.29) is 0 Å². The van der Waals surface area contributed by atoms with Gasteiger partial charge in [0.15, 0.2) is 6.29 Å². The summed E-state index contributed by atoms with van der Waals surface area (Å²) in [6.45, 7) is 0. The van der Waals surface area contributed by atoms with E-state index >= 15 is 0 Å². The summed E-state index contributed by atoms with van der Waals surface area (Å²) in [5.74, 6) is 0. The smallest absolute Gasteiger partial charge is 0.223 e. The monoisotopic (exact) mass is 253 g/mol. The van der Waals surface area contributed by atoms with Crippen LogP contribution in [0.15, 0.2) is 65.9 Å². The van der Waals surface area contributed by atoms with Crippen molar-refractivity contribution in [2.45, 2.75) is 5.60 Å². The molecule has 94 valence electrons. The Bertz CT molecular complexity index is 553. The number of carbonyl (C=O) groups excluding carboxylic acids is 1. The number of azide groups is 1. The molecule has 0 unspecified atom stereocenters. The van der Waals surface area contributed by atoms with Crippen molar-refractivity contribution >= 4 is 6.29 Å². The van der Waals surface area contributed by atoms with Crippen molar-refractivity contribution in [1.82, 2.24) is 0 Å². The fourth-order valence-corrected chi connectivity index (χ4v) is 1.88. The van der Waals surface area contributed by atoms with Crippen LogP contribution in [0.5, 0.6) is 0 Å². The molecule has 0 radical (unpaired) electrons. The average Bonchev–Trinajstić information content (AvgIpc) is 2.51. The molecule has 0 aliphatic rings. The van der Waals surface area contributed by atoms with Crippen LogP contribution >= 0.6 is 0 Å². The van der Waals surface area contributed by atoms with Gasteiger partial charge in [0, 0.05) is 16.0 Å². The Morgan fingerprint density at radius 2 is 1.47 bits per heavy atom. The van der Waals surface area contributed by atoms with E-state index in [0.717, 1.165) is 0 Å². The highest BCUT2D eigenvalue weighted by molar-refractivity contribution is 5.72. The van der Waals surface area contributed by atoms with Crippen LogP contribution in [-0.4, -0.2) is 6.29 Å². The lowest BCUT2D eigenvalue weighted by atomic mass is 9.88. The molecule has 0 heterocycles. The van der Waals surface area contributed by atoms with E-state index in [2.05, 4.69) is 10.2 Å². The summed E-state index contributed by atoms with van der Waals surface area (Å²) in [7, 11) is 0. The summed E-state index contributed by atoms with van der Waals surface area (Å²) in [5, 5.41) is 3.12. The van der Waals surface area contributed by atoms with Crippen LogP contribution in [0.4, 0.5) is 0 Å². The largest absolute Gasteiger partial charge is 0.409 e. The molecule has 0 atom stereocenters. The first kappa shape index (κ1) is 12.7. The molecular formula is C14H11N3O2. The summed E-state index contributed by atoms with van der Waals surface area (Å²) < 4.78 is 0. The first-order chi connectivity index (χ1) is 9.33. The van der Waals surface area contributed by atoms with Crippen molar-refractivity contribution in [3.63, 3.8) is 0 Å². The van der Waals surface area contributed by atoms with Crippen LogP contribution in [0.1, 0.15) is 11.1 Å². The average molecular weight is 253 g/mol. The molecule has 2 rings (SSSR count). The van der Waals surface area contributed by atoms with Gasteiger partial charge in [-0.25, -0.2) is 0 Å². The zero-order valence-corrected chi connectivity index (χ0v) is 10.0. The van der Waals surface area contributed by atoms with Crippen molar-refractivity contribution in [2.75, 3.05) is 0 Å². The molecule has 5 nitrogen and oxygen atoms in total. The molecule has 19 heavy (non-hydrogen) atoms. The molecule has 0 saturated heterocycles. The summed E-state index contributed by atoms with van der Waals surface area (Å²) in [5.41, 5.74) is 8.22. The molecule has 5 heteroatoms. The molecule has 0 amide bonds. The number of hydrogen-bond acceptors (Lipinski definition) is 3. The normalized spacial score (nSPS) is 10.3. The topological polar surface area (TPSA) is 75.1 Å². The van der Waals surface area contributed by atoms with Crippen LogP contribution in [0.3, 0.4) is 0 Å². The third kappa shape index (κ3) is 2.41. The minimum Gasteiger partial charge on any atom is -0.409 e. The second-order valence-corrected chi connectivity index (χ2v) is 3.85. The van der Waals surface area contributed by atoms with E-state index in [1.807, 2.05) is 12.1 Å². The van der Waals surface area contributed by atoms with Crippen molar-refractivity contribution < 1.29 is 9.63 Å². The van der Waals surface area contributed by atoms with Crippen LogP contribution in [-0.2, 0) is 15.2 Å². The maximum Gasteiger partial charge on any atom is 0.223 e. The Balaban J connectivity index is 2.61. The van der Waals surface area contributed by atoms with Gasteiger partial charge in [0.2, 0.25) is 5.60 Å². The maximum atomic E-state index is 11.6. The molecule has 0 bridgehead atoms. The zero-order chi connectivity index (χ0) is 13.6. The van der Waals surface area contributed by atoms with Gasteiger partial charge in [-0.15, -0.1) is 0 Å². The molecule has 0 spiro atoms. The Labute approximate surface area is 110 Å². The maximum absolute atomic E-state index is 11.6. The van der Waals surface area contributed by atoms with E-state index in [4.69, 9.17) is 10.4 Å². The Kier molecular flexibility index (Phi) is 3.81. The molecule has 2 aromatic carbocycles. The Morgan fingerprint density at radius 1 is 1.00 bits per heavy atom. The van der Waals surface area contributed by atoms with E-state index < -0.39 is 5.60 Å². The minimum atomic E-state index is -1.42. The van der Waals surface area contributed by atoms with Crippen LogP contribution in [0.2, 0.25) is 0 Å². The van der Waals surface area contributed by atoms with Crippen molar-refractivity contribution in [3.05, 3.63) is 82.2 Å². The second kappa shape index (κ2) is 5.71. The molecule has 0 fully saturated rings. The van der Waals surface area contributed by atoms with E-state index in [1.165, 1.54) is 0 Å². The minimum absolute atomic E-state index is 0.601. The van der Waals surface area contributed by atoms with E-state index in [0.29, 0.717) is 17.4 Å². The van der Waals surface area contributed by atoms with E-state index in [1.54, 1.807) is 48.5 Å². The SMILES string of the molecule is [N-]=[N+]=NOC(C=O)(c1ccccc1)c1ccccc1. The molecule has 0 saturated carbocycles. The quantitative estimate of drug-likeness (QED) is 0.269. The van der Waals surface area contributed by atoms with Gasteiger partial charge in [-0.3, -0.25) is 4.79 Å². The Hall–Kier alpha value is -2.78. The highest BCUT2D eigenvalue weighted by atomic mass is 16.7. The lowest BCUT2D eigenvalue weighted by Crippen LogP contribution is -2.31. The predicted octanol–water partition coefficient (Wildman–Crippen LogP) is 3.37. The molecule has 0 N–H and O–H groups in total. The fourth-order valence-electron chi connectivity index (χ4n) is 1.88. The van der Waals surface area contributed by atoms with Crippen LogP contribution in [0, 0.1) is 0 Å². The molecule has 2 aromatic rings. The summed E-state index contributed by atoms with van der Waals surface area (Å²) in [6, 6.07) is 17.8. The number of nitrogens with zero attached hydrogens (tertiary/aromatic N) is 3. The van der Waals surface area contributed by atoms with Gasteiger partial charge in [-0.05, 0) is 5.53 Å². The third-order valence-corrected chi connectivity index (χ3v) is 2.79. The lowest BCUT2D eigenvalue weighted by Gasteiger charge is -2.26. The molecular weight excluding hydrogens is 242 g/mol. The van der Waals surface area contributed by atoms with E-state index in [9.17, 15) is 4.79 Å². The number of carbonyl (C=O) groups is 1. The third-order valence-electron chi connectivity index (χ3n) is 2.79. The van der Waals surface area contributed by atoms with Gasteiger partial charge in [-0.2, -0.15) is 0 Å². The Morgan fingerprint density at radius 3 is 1.84 bits per heavy atom. The van der Waals surface area contributed by atoms with Crippen molar-refractivity contribution in [3.8, 4) is 0 Å². The highest BCUT2D eigenvalue weighted by Gasteiger charge is 2.36. The summed E-state index contributed by atoms with van der Waals surface area (Å²) in [6.07, 6.45) is 0.631. The van der Waals surface area contributed by atoms with Gasteiger partial charge < -0.3 is 4.84 Å². The number of aldehydes is 1. The first-order valence-electron chi connectivity index (χ1n) is 5.63.